The molecule has 1 N–H and O–H groups in total. The summed E-state index contributed by atoms with van der Waals surface area (Å²) in [4.78, 5) is 16.7. The highest BCUT2D eigenvalue weighted by Crippen LogP contribution is 2.15. The smallest absolute Gasteiger partial charge is 0.261 e. The van der Waals surface area contributed by atoms with Crippen molar-refractivity contribution in [1.29, 1.82) is 0 Å². The van der Waals surface area contributed by atoms with Gasteiger partial charge in [0, 0.05) is 5.02 Å². The Morgan fingerprint density at radius 1 is 1.29 bits per heavy atom. The molecule has 3 rings (SSSR count). The van der Waals surface area contributed by atoms with Gasteiger partial charge < -0.3 is 9.84 Å². The van der Waals surface area contributed by atoms with Crippen LogP contribution in [-0.2, 0) is 6.54 Å². The fourth-order valence-electron chi connectivity index (χ4n) is 2.44. The van der Waals surface area contributed by atoms with Gasteiger partial charge in [-0.25, -0.2) is 4.98 Å². The first-order chi connectivity index (χ1) is 11.5. The lowest BCUT2D eigenvalue weighted by Crippen LogP contribution is -2.30. The highest BCUT2D eigenvalue weighted by atomic mass is 35.5. The van der Waals surface area contributed by atoms with Crippen molar-refractivity contribution >= 4 is 22.5 Å². The monoisotopic (exact) mass is 344 g/mol. The third-order valence-corrected chi connectivity index (χ3v) is 3.86. The summed E-state index contributed by atoms with van der Waals surface area (Å²) in [5.41, 5.74) is 1.41. The van der Waals surface area contributed by atoms with E-state index in [1.807, 2.05) is 31.2 Å². The molecule has 0 aliphatic rings. The fourth-order valence-corrected chi connectivity index (χ4v) is 2.61. The molecule has 0 aliphatic carbocycles. The van der Waals surface area contributed by atoms with Gasteiger partial charge in [0.15, 0.2) is 0 Å². The van der Waals surface area contributed by atoms with Crippen molar-refractivity contribution in [2.45, 2.75) is 19.6 Å². The van der Waals surface area contributed by atoms with Gasteiger partial charge in [-0.1, -0.05) is 23.7 Å². The number of nitrogens with zero attached hydrogens (tertiary/aromatic N) is 2. The summed E-state index contributed by atoms with van der Waals surface area (Å²) in [6, 6.07) is 12.5. The van der Waals surface area contributed by atoms with E-state index in [1.165, 1.54) is 10.9 Å². The predicted octanol–water partition coefficient (Wildman–Crippen LogP) is 2.80. The van der Waals surface area contributed by atoms with E-state index in [0.29, 0.717) is 21.7 Å². The van der Waals surface area contributed by atoms with Crippen LogP contribution in [0.25, 0.3) is 10.9 Å². The van der Waals surface area contributed by atoms with Gasteiger partial charge in [-0.2, -0.15) is 0 Å². The Morgan fingerprint density at radius 2 is 2.12 bits per heavy atom. The maximum Gasteiger partial charge on any atom is 0.261 e. The molecule has 1 atom stereocenters. The summed E-state index contributed by atoms with van der Waals surface area (Å²) in [6.45, 7) is 2.15. The van der Waals surface area contributed by atoms with E-state index >= 15 is 0 Å². The number of hydrogen-bond acceptors (Lipinski definition) is 4. The molecule has 0 aliphatic heterocycles. The van der Waals surface area contributed by atoms with E-state index in [4.69, 9.17) is 16.3 Å². The highest BCUT2D eigenvalue weighted by molar-refractivity contribution is 6.31. The van der Waals surface area contributed by atoms with Crippen LogP contribution in [-0.4, -0.2) is 27.4 Å². The lowest BCUT2D eigenvalue weighted by Gasteiger charge is -2.14. The largest absolute Gasteiger partial charge is 0.491 e. The predicted molar refractivity (Wildman–Crippen MR) is 93.7 cm³/mol. The molecule has 5 nitrogen and oxygen atoms in total. The Kier molecular flexibility index (Phi) is 4.83. The number of aliphatic hydroxyl groups is 1. The maximum absolute atomic E-state index is 12.4. The number of aryl methyl sites for hydroxylation is 1. The third kappa shape index (κ3) is 3.75. The molecular formula is C18H17ClN2O3. The Hall–Kier alpha value is -2.37. The average Bonchev–Trinajstić information content (AvgIpc) is 2.56. The molecule has 1 aromatic heterocycles. The van der Waals surface area contributed by atoms with Crippen molar-refractivity contribution in [3.63, 3.8) is 0 Å². The molecule has 3 aromatic rings. The molecule has 0 radical (unpaired) electrons. The van der Waals surface area contributed by atoms with Crippen molar-refractivity contribution in [2.75, 3.05) is 6.61 Å². The van der Waals surface area contributed by atoms with Crippen LogP contribution in [0.3, 0.4) is 0 Å². The first-order valence-electron chi connectivity index (χ1n) is 7.55. The third-order valence-electron chi connectivity index (χ3n) is 3.63. The topological polar surface area (TPSA) is 64.3 Å². The zero-order chi connectivity index (χ0) is 17.1. The average molecular weight is 345 g/mol. The zero-order valence-corrected chi connectivity index (χ0v) is 13.9. The molecule has 124 valence electrons. The minimum Gasteiger partial charge on any atom is -0.491 e. The van der Waals surface area contributed by atoms with Crippen LogP contribution in [0.4, 0.5) is 0 Å². The van der Waals surface area contributed by atoms with E-state index in [9.17, 15) is 9.90 Å². The molecule has 2 aromatic carbocycles. The highest BCUT2D eigenvalue weighted by Gasteiger charge is 2.10. The van der Waals surface area contributed by atoms with Gasteiger partial charge in [-0.05, 0) is 42.8 Å². The zero-order valence-electron chi connectivity index (χ0n) is 13.1. The summed E-state index contributed by atoms with van der Waals surface area (Å²) in [5.74, 6) is 0.685. The van der Waals surface area contributed by atoms with Crippen LogP contribution in [0.1, 0.15) is 5.56 Å². The van der Waals surface area contributed by atoms with Crippen LogP contribution in [0.15, 0.2) is 53.6 Å². The van der Waals surface area contributed by atoms with Crippen molar-refractivity contribution in [2.24, 2.45) is 0 Å². The van der Waals surface area contributed by atoms with Crippen LogP contribution < -0.4 is 10.3 Å². The van der Waals surface area contributed by atoms with Crippen LogP contribution in [0.2, 0.25) is 5.02 Å². The minimum atomic E-state index is -0.832. The molecule has 0 bridgehead atoms. The Labute approximate surface area is 144 Å². The number of fused-ring (bicyclic) bond motifs is 1. The van der Waals surface area contributed by atoms with Crippen molar-refractivity contribution in [3.05, 3.63) is 69.7 Å². The SMILES string of the molecule is Cc1cccc(OC[C@H](O)Cn2cnc3ccc(Cl)cc3c2=O)c1. The first-order valence-corrected chi connectivity index (χ1v) is 7.93. The summed E-state index contributed by atoms with van der Waals surface area (Å²) >= 11 is 5.93. The summed E-state index contributed by atoms with van der Waals surface area (Å²) in [7, 11) is 0. The maximum atomic E-state index is 12.4. The van der Waals surface area contributed by atoms with Crippen molar-refractivity contribution in [1.82, 2.24) is 9.55 Å². The van der Waals surface area contributed by atoms with E-state index in [1.54, 1.807) is 18.2 Å². The van der Waals surface area contributed by atoms with Gasteiger partial charge in [0.25, 0.3) is 5.56 Å². The number of benzene rings is 2. The van der Waals surface area contributed by atoms with Crippen molar-refractivity contribution in [3.8, 4) is 5.75 Å². The van der Waals surface area contributed by atoms with E-state index in [-0.39, 0.29) is 18.7 Å². The lowest BCUT2D eigenvalue weighted by atomic mass is 10.2. The molecule has 0 unspecified atom stereocenters. The molecule has 0 fully saturated rings. The van der Waals surface area contributed by atoms with E-state index < -0.39 is 6.10 Å². The van der Waals surface area contributed by atoms with Crippen molar-refractivity contribution < 1.29 is 9.84 Å². The second-order valence-corrected chi connectivity index (χ2v) is 6.08. The molecule has 24 heavy (non-hydrogen) atoms. The number of aromatic nitrogens is 2. The normalized spacial score (nSPS) is 12.3. The molecular weight excluding hydrogens is 328 g/mol. The Bertz CT molecular complexity index is 924. The van der Waals surface area contributed by atoms with Gasteiger partial charge in [0.1, 0.15) is 18.5 Å². The van der Waals surface area contributed by atoms with Gasteiger partial charge in [0.2, 0.25) is 0 Å². The van der Waals surface area contributed by atoms with Crippen LogP contribution >= 0.6 is 11.6 Å². The number of halogens is 1. The molecule has 0 saturated carbocycles. The molecule has 0 saturated heterocycles. The van der Waals surface area contributed by atoms with Crippen LogP contribution in [0.5, 0.6) is 5.75 Å². The first kappa shape index (κ1) is 16.5. The Morgan fingerprint density at radius 3 is 2.92 bits per heavy atom. The number of ether oxygens (including phenoxy) is 1. The molecule has 6 heteroatoms. The number of hydrogen-bond donors (Lipinski definition) is 1. The van der Waals surface area contributed by atoms with Gasteiger partial charge in [-0.15, -0.1) is 0 Å². The van der Waals surface area contributed by atoms with Gasteiger partial charge in [-0.3, -0.25) is 9.36 Å². The standard InChI is InChI=1S/C18H17ClN2O3/c1-12-3-2-4-15(7-12)24-10-14(22)9-21-11-20-17-6-5-13(19)8-16(17)18(21)23/h2-8,11,14,22H,9-10H2,1H3/t14-/m1/s1. The second kappa shape index (κ2) is 7.03. The summed E-state index contributed by atoms with van der Waals surface area (Å²) in [6.07, 6.45) is 0.593. The molecule has 0 spiro atoms. The molecule has 1 heterocycles. The summed E-state index contributed by atoms with van der Waals surface area (Å²) < 4.78 is 6.92. The van der Waals surface area contributed by atoms with Gasteiger partial charge >= 0.3 is 0 Å². The van der Waals surface area contributed by atoms with E-state index in [0.717, 1.165) is 5.56 Å². The minimum absolute atomic E-state index is 0.0868. The lowest BCUT2D eigenvalue weighted by molar-refractivity contribution is 0.0914. The molecule has 0 amide bonds. The second-order valence-electron chi connectivity index (χ2n) is 5.64. The number of rotatable bonds is 5. The summed E-state index contributed by atoms with van der Waals surface area (Å²) in [5, 5.41) is 11.0. The van der Waals surface area contributed by atoms with E-state index in [2.05, 4.69) is 4.98 Å². The quantitative estimate of drug-likeness (QED) is 0.773. The van der Waals surface area contributed by atoms with Crippen LogP contribution in [0, 0.1) is 6.92 Å². The number of aliphatic hydroxyl groups excluding tert-OH is 1. The Balaban J connectivity index is 1.72. The van der Waals surface area contributed by atoms with Gasteiger partial charge in [0.05, 0.1) is 23.8 Å². The fraction of sp³-hybridized carbons (Fsp3) is 0.222.